The lowest BCUT2D eigenvalue weighted by molar-refractivity contribution is 0.0700. The van der Waals surface area contributed by atoms with Gasteiger partial charge in [-0.25, -0.2) is 14.8 Å². The van der Waals surface area contributed by atoms with Crippen LogP contribution in [-0.2, 0) is 12.8 Å². The molecule has 102 valence electrons. The van der Waals surface area contributed by atoms with Crippen LogP contribution in [0.2, 0.25) is 0 Å². The molecule has 19 heavy (non-hydrogen) atoms. The lowest BCUT2D eigenvalue weighted by atomic mass is 10.1. The van der Waals surface area contributed by atoms with Crippen LogP contribution < -0.4 is 0 Å². The van der Waals surface area contributed by atoms with Crippen LogP contribution in [0.15, 0.2) is 5.38 Å². The molecule has 0 spiro atoms. The maximum Gasteiger partial charge on any atom is 0.347 e. The number of aromatic nitrogens is 2. The fourth-order valence-electron chi connectivity index (χ4n) is 1.81. The van der Waals surface area contributed by atoms with E-state index < -0.39 is 5.97 Å². The van der Waals surface area contributed by atoms with Crippen LogP contribution in [0.3, 0.4) is 0 Å². The SMILES string of the molecule is Cc1nc(Cc2nc(CC(C)C)c(C(=O)O)s2)cs1. The number of rotatable bonds is 5. The van der Waals surface area contributed by atoms with Crippen molar-refractivity contribution in [1.82, 2.24) is 9.97 Å². The van der Waals surface area contributed by atoms with Crippen molar-refractivity contribution in [2.75, 3.05) is 0 Å². The van der Waals surface area contributed by atoms with Gasteiger partial charge < -0.3 is 5.11 Å². The van der Waals surface area contributed by atoms with Gasteiger partial charge in [-0.2, -0.15) is 0 Å². The van der Waals surface area contributed by atoms with Crippen molar-refractivity contribution in [2.24, 2.45) is 5.92 Å². The number of carboxylic acid groups (broad SMARTS) is 1. The molecule has 0 aromatic carbocycles. The second kappa shape index (κ2) is 5.79. The molecule has 6 heteroatoms. The normalized spacial score (nSPS) is 11.2. The highest BCUT2D eigenvalue weighted by Gasteiger charge is 2.18. The molecule has 0 saturated carbocycles. The molecular formula is C13H16N2O2S2. The summed E-state index contributed by atoms with van der Waals surface area (Å²) >= 11 is 2.87. The van der Waals surface area contributed by atoms with Gasteiger partial charge in [-0.3, -0.25) is 0 Å². The molecule has 0 amide bonds. The quantitative estimate of drug-likeness (QED) is 0.918. The van der Waals surface area contributed by atoms with Gasteiger partial charge in [0, 0.05) is 11.8 Å². The lowest BCUT2D eigenvalue weighted by Crippen LogP contribution is -2.02. The van der Waals surface area contributed by atoms with Crippen LogP contribution in [0.1, 0.15) is 44.9 Å². The first-order valence-electron chi connectivity index (χ1n) is 6.08. The van der Waals surface area contributed by atoms with E-state index in [1.165, 1.54) is 11.3 Å². The maximum absolute atomic E-state index is 11.2. The molecule has 0 aliphatic carbocycles. The predicted octanol–water partition coefficient (Wildman–Crippen LogP) is 3.40. The molecule has 0 aliphatic heterocycles. The Kier molecular flexibility index (Phi) is 4.31. The molecule has 4 nitrogen and oxygen atoms in total. The van der Waals surface area contributed by atoms with Crippen LogP contribution in [0.4, 0.5) is 0 Å². The Labute approximate surface area is 120 Å². The van der Waals surface area contributed by atoms with Crippen LogP contribution >= 0.6 is 22.7 Å². The molecule has 1 N–H and O–H groups in total. The Balaban J connectivity index is 2.24. The number of hydrogen-bond acceptors (Lipinski definition) is 5. The molecule has 0 bridgehead atoms. The van der Waals surface area contributed by atoms with E-state index in [0.29, 0.717) is 29.3 Å². The van der Waals surface area contributed by atoms with E-state index in [4.69, 9.17) is 0 Å². The number of hydrogen-bond donors (Lipinski definition) is 1. The summed E-state index contributed by atoms with van der Waals surface area (Å²) < 4.78 is 0. The average Bonchev–Trinajstić information content (AvgIpc) is 2.85. The Bertz CT molecular complexity index is 587. The first-order chi connectivity index (χ1) is 8.95. The number of aromatic carboxylic acids is 1. The third-order valence-corrected chi connectivity index (χ3v) is 4.44. The number of carbonyl (C=O) groups is 1. The van der Waals surface area contributed by atoms with Crippen LogP contribution in [0.5, 0.6) is 0 Å². The summed E-state index contributed by atoms with van der Waals surface area (Å²) in [5.41, 5.74) is 1.67. The number of carboxylic acids is 1. The first kappa shape index (κ1) is 14.1. The molecule has 2 rings (SSSR count). The summed E-state index contributed by atoms with van der Waals surface area (Å²) in [6.45, 7) is 6.09. The van der Waals surface area contributed by atoms with Crippen molar-refractivity contribution >= 4 is 28.6 Å². The van der Waals surface area contributed by atoms with Gasteiger partial charge in [0.05, 0.1) is 21.4 Å². The number of nitrogens with zero attached hydrogens (tertiary/aromatic N) is 2. The Morgan fingerprint density at radius 1 is 1.42 bits per heavy atom. The molecule has 0 atom stereocenters. The van der Waals surface area contributed by atoms with Gasteiger partial charge in [0.15, 0.2) is 0 Å². The minimum atomic E-state index is -0.881. The van der Waals surface area contributed by atoms with Crippen molar-refractivity contribution in [3.63, 3.8) is 0 Å². The summed E-state index contributed by atoms with van der Waals surface area (Å²) in [7, 11) is 0. The molecule has 0 radical (unpaired) electrons. The Morgan fingerprint density at radius 3 is 2.68 bits per heavy atom. The first-order valence-corrected chi connectivity index (χ1v) is 7.78. The second-order valence-corrected chi connectivity index (χ2v) is 6.97. The minimum Gasteiger partial charge on any atom is -0.477 e. The van der Waals surface area contributed by atoms with Crippen molar-refractivity contribution < 1.29 is 9.90 Å². The zero-order valence-electron chi connectivity index (χ0n) is 11.1. The number of thiazole rings is 2. The fourth-order valence-corrected chi connectivity index (χ4v) is 3.37. The highest BCUT2D eigenvalue weighted by atomic mass is 32.1. The standard InChI is InChI=1S/C13H16N2O2S2/c1-7(2)4-10-12(13(16)17)19-11(15-10)5-9-6-18-8(3)14-9/h6-7H,4-5H2,1-3H3,(H,16,17). The van der Waals surface area contributed by atoms with Crippen molar-refractivity contribution in [2.45, 2.75) is 33.6 Å². The van der Waals surface area contributed by atoms with E-state index in [1.54, 1.807) is 11.3 Å². The summed E-state index contributed by atoms with van der Waals surface area (Å²) in [6.07, 6.45) is 1.32. The molecule has 0 aliphatic rings. The maximum atomic E-state index is 11.2. The summed E-state index contributed by atoms with van der Waals surface area (Å²) in [5, 5.41) is 13.1. The van der Waals surface area contributed by atoms with E-state index in [1.807, 2.05) is 12.3 Å². The molecule has 2 heterocycles. The van der Waals surface area contributed by atoms with Gasteiger partial charge in [0.25, 0.3) is 0 Å². The van der Waals surface area contributed by atoms with E-state index in [-0.39, 0.29) is 0 Å². The average molecular weight is 296 g/mol. The van der Waals surface area contributed by atoms with Gasteiger partial charge >= 0.3 is 5.97 Å². The van der Waals surface area contributed by atoms with Crippen molar-refractivity contribution in [1.29, 1.82) is 0 Å². The minimum absolute atomic E-state index is 0.371. The van der Waals surface area contributed by atoms with E-state index in [9.17, 15) is 9.90 Å². The second-order valence-electron chi connectivity index (χ2n) is 4.82. The predicted molar refractivity (Wildman–Crippen MR) is 77.3 cm³/mol. The smallest absolute Gasteiger partial charge is 0.347 e. The molecule has 0 unspecified atom stereocenters. The zero-order chi connectivity index (χ0) is 14.0. The lowest BCUT2D eigenvalue weighted by Gasteiger charge is -2.01. The largest absolute Gasteiger partial charge is 0.477 e. The topological polar surface area (TPSA) is 63.1 Å². The van der Waals surface area contributed by atoms with Crippen LogP contribution in [0, 0.1) is 12.8 Å². The van der Waals surface area contributed by atoms with Gasteiger partial charge in [-0.1, -0.05) is 13.8 Å². The highest BCUT2D eigenvalue weighted by Crippen LogP contribution is 2.24. The third kappa shape index (κ3) is 3.61. The Hall–Kier alpha value is -1.27. The summed E-state index contributed by atoms with van der Waals surface area (Å²) in [5.74, 6) is -0.483. The highest BCUT2D eigenvalue weighted by molar-refractivity contribution is 7.13. The van der Waals surface area contributed by atoms with E-state index in [0.717, 1.165) is 15.7 Å². The monoisotopic (exact) mass is 296 g/mol. The number of aryl methyl sites for hydroxylation is 1. The zero-order valence-corrected chi connectivity index (χ0v) is 12.8. The Morgan fingerprint density at radius 2 is 2.16 bits per heavy atom. The summed E-state index contributed by atoms with van der Waals surface area (Å²) in [6, 6.07) is 0. The molecule has 0 fully saturated rings. The molecule has 2 aromatic heterocycles. The fraction of sp³-hybridized carbons (Fsp3) is 0.462. The van der Waals surface area contributed by atoms with Crippen molar-refractivity contribution in [3.8, 4) is 0 Å². The van der Waals surface area contributed by atoms with Gasteiger partial charge in [0.2, 0.25) is 0 Å². The van der Waals surface area contributed by atoms with Crippen LogP contribution in [0.25, 0.3) is 0 Å². The van der Waals surface area contributed by atoms with Gasteiger partial charge in [-0.05, 0) is 19.3 Å². The van der Waals surface area contributed by atoms with Gasteiger partial charge in [0.1, 0.15) is 4.88 Å². The van der Waals surface area contributed by atoms with E-state index >= 15 is 0 Å². The summed E-state index contributed by atoms with van der Waals surface area (Å²) in [4.78, 5) is 20.5. The molecular weight excluding hydrogens is 280 g/mol. The van der Waals surface area contributed by atoms with E-state index in [2.05, 4.69) is 23.8 Å². The third-order valence-electron chi connectivity index (χ3n) is 2.54. The molecule has 2 aromatic rings. The van der Waals surface area contributed by atoms with Crippen molar-refractivity contribution in [3.05, 3.63) is 31.7 Å². The molecule has 0 saturated heterocycles. The van der Waals surface area contributed by atoms with Crippen LogP contribution in [-0.4, -0.2) is 21.0 Å². The van der Waals surface area contributed by atoms with Gasteiger partial charge in [-0.15, -0.1) is 22.7 Å².